The molecule has 2 rings (SSSR count). The molecule has 0 aliphatic carbocycles. The molecule has 0 saturated heterocycles. The monoisotopic (exact) mass is 326 g/mol. The van der Waals surface area contributed by atoms with E-state index in [2.05, 4.69) is 36.5 Å². The van der Waals surface area contributed by atoms with Gasteiger partial charge in [-0.15, -0.1) is 0 Å². The molecular formula is C20H26N2O2. The average Bonchev–Trinajstić information content (AvgIpc) is 2.57. The van der Waals surface area contributed by atoms with E-state index in [1.807, 2.05) is 6.92 Å². The summed E-state index contributed by atoms with van der Waals surface area (Å²) >= 11 is 0. The molecule has 0 radical (unpaired) electrons. The van der Waals surface area contributed by atoms with Gasteiger partial charge in [0, 0.05) is 12.1 Å². The molecule has 0 bridgehead atoms. The number of anilines is 1. The number of amides is 1. The molecule has 0 aliphatic rings. The molecule has 0 fully saturated rings. The standard InChI is InChI=1S/C20H26N2O2/c1-3-22-18-14-17(20(21)23)11-12-19(18)24-13-7-6-10-16-9-5-4-8-15(16)2/h4-5,8-9,11-12,14,22H,3,6-7,10,13H2,1-2H3,(H2,21,23). The molecule has 0 unspecified atom stereocenters. The lowest BCUT2D eigenvalue weighted by Crippen LogP contribution is -2.12. The number of carbonyl (C=O) groups excluding carboxylic acids is 1. The van der Waals surface area contributed by atoms with Gasteiger partial charge in [0.05, 0.1) is 12.3 Å². The van der Waals surface area contributed by atoms with E-state index in [0.717, 1.165) is 37.2 Å². The van der Waals surface area contributed by atoms with Gasteiger partial charge >= 0.3 is 0 Å². The van der Waals surface area contributed by atoms with Crippen LogP contribution in [0.15, 0.2) is 42.5 Å². The Bertz CT molecular complexity index is 683. The van der Waals surface area contributed by atoms with Crippen LogP contribution in [0.2, 0.25) is 0 Å². The smallest absolute Gasteiger partial charge is 0.248 e. The topological polar surface area (TPSA) is 64.3 Å². The minimum absolute atomic E-state index is 0.432. The number of hydrogen-bond acceptors (Lipinski definition) is 3. The summed E-state index contributed by atoms with van der Waals surface area (Å²) in [6.45, 7) is 5.56. The Morgan fingerprint density at radius 3 is 2.67 bits per heavy atom. The Kier molecular flexibility index (Phi) is 6.67. The van der Waals surface area contributed by atoms with Crippen LogP contribution >= 0.6 is 0 Å². The maximum atomic E-state index is 11.3. The van der Waals surface area contributed by atoms with Crippen LogP contribution in [0.5, 0.6) is 5.75 Å². The second-order valence-electron chi connectivity index (χ2n) is 5.84. The van der Waals surface area contributed by atoms with Gasteiger partial charge in [-0.1, -0.05) is 24.3 Å². The second kappa shape index (κ2) is 8.96. The van der Waals surface area contributed by atoms with Crippen LogP contribution in [-0.4, -0.2) is 19.1 Å². The van der Waals surface area contributed by atoms with E-state index < -0.39 is 5.91 Å². The molecule has 0 heterocycles. The molecule has 4 heteroatoms. The Labute approximate surface area is 144 Å². The third-order valence-corrected chi connectivity index (χ3v) is 3.99. The Morgan fingerprint density at radius 1 is 1.17 bits per heavy atom. The number of ether oxygens (including phenoxy) is 1. The normalized spacial score (nSPS) is 10.4. The highest BCUT2D eigenvalue weighted by Crippen LogP contribution is 2.26. The molecule has 2 aromatic rings. The molecule has 0 aliphatic heterocycles. The van der Waals surface area contributed by atoms with Crippen molar-refractivity contribution < 1.29 is 9.53 Å². The van der Waals surface area contributed by atoms with Crippen molar-refractivity contribution in [2.75, 3.05) is 18.5 Å². The van der Waals surface area contributed by atoms with Crippen LogP contribution in [-0.2, 0) is 6.42 Å². The minimum Gasteiger partial charge on any atom is -0.491 e. The maximum Gasteiger partial charge on any atom is 0.248 e. The van der Waals surface area contributed by atoms with Crippen molar-refractivity contribution in [1.29, 1.82) is 0 Å². The fourth-order valence-electron chi connectivity index (χ4n) is 2.63. The summed E-state index contributed by atoms with van der Waals surface area (Å²) in [5, 5.41) is 3.21. The summed E-state index contributed by atoms with van der Waals surface area (Å²) in [6.07, 6.45) is 3.13. The molecule has 0 atom stereocenters. The molecular weight excluding hydrogens is 300 g/mol. The van der Waals surface area contributed by atoms with Crippen molar-refractivity contribution >= 4 is 11.6 Å². The number of hydrogen-bond donors (Lipinski definition) is 2. The van der Waals surface area contributed by atoms with Crippen LogP contribution in [0.3, 0.4) is 0 Å². The molecule has 24 heavy (non-hydrogen) atoms. The van der Waals surface area contributed by atoms with Gasteiger partial charge in [0.25, 0.3) is 0 Å². The molecule has 0 aromatic heterocycles. The Balaban J connectivity index is 1.85. The van der Waals surface area contributed by atoms with E-state index in [1.54, 1.807) is 18.2 Å². The van der Waals surface area contributed by atoms with Crippen molar-refractivity contribution in [1.82, 2.24) is 0 Å². The predicted molar refractivity (Wildman–Crippen MR) is 98.7 cm³/mol. The highest BCUT2D eigenvalue weighted by atomic mass is 16.5. The van der Waals surface area contributed by atoms with Gasteiger partial charge in [-0.3, -0.25) is 4.79 Å². The van der Waals surface area contributed by atoms with Gasteiger partial charge < -0.3 is 15.8 Å². The molecule has 2 aromatic carbocycles. The maximum absolute atomic E-state index is 11.3. The third kappa shape index (κ3) is 5.01. The van der Waals surface area contributed by atoms with E-state index in [0.29, 0.717) is 12.2 Å². The summed E-state index contributed by atoms with van der Waals surface area (Å²) in [5.41, 5.74) is 9.37. The van der Waals surface area contributed by atoms with Crippen LogP contribution in [0.1, 0.15) is 41.3 Å². The van der Waals surface area contributed by atoms with Crippen molar-refractivity contribution in [2.45, 2.75) is 33.1 Å². The summed E-state index contributed by atoms with van der Waals surface area (Å²) in [6, 6.07) is 13.7. The highest BCUT2D eigenvalue weighted by Gasteiger charge is 2.08. The molecule has 128 valence electrons. The van der Waals surface area contributed by atoms with Crippen molar-refractivity contribution in [3.05, 3.63) is 59.2 Å². The second-order valence-corrected chi connectivity index (χ2v) is 5.84. The summed E-state index contributed by atoms with van der Waals surface area (Å²) in [5.74, 6) is 0.330. The number of rotatable bonds is 9. The number of nitrogens with two attached hydrogens (primary N) is 1. The summed E-state index contributed by atoms with van der Waals surface area (Å²) in [7, 11) is 0. The first-order valence-electron chi connectivity index (χ1n) is 8.47. The van der Waals surface area contributed by atoms with Gasteiger partial charge in [0.15, 0.2) is 0 Å². The van der Waals surface area contributed by atoms with Gasteiger partial charge in [-0.2, -0.15) is 0 Å². The number of unbranched alkanes of at least 4 members (excludes halogenated alkanes) is 1. The molecule has 0 spiro atoms. The van der Waals surface area contributed by atoms with E-state index in [4.69, 9.17) is 10.5 Å². The molecule has 0 saturated carbocycles. The minimum atomic E-state index is -0.432. The zero-order valence-electron chi connectivity index (χ0n) is 14.5. The summed E-state index contributed by atoms with van der Waals surface area (Å²) in [4.78, 5) is 11.3. The Hall–Kier alpha value is -2.49. The third-order valence-electron chi connectivity index (χ3n) is 3.99. The van der Waals surface area contributed by atoms with E-state index in [9.17, 15) is 4.79 Å². The van der Waals surface area contributed by atoms with Crippen molar-refractivity contribution in [3.63, 3.8) is 0 Å². The quantitative estimate of drug-likeness (QED) is 0.686. The fourth-order valence-corrected chi connectivity index (χ4v) is 2.63. The Morgan fingerprint density at radius 2 is 1.96 bits per heavy atom. The zero-order valence-corrected chi connectivity index (χ0v) is 14.5. The zero-order chi connectivity index (χ0) is 17.4. The predicted octanol–water partition coefficient (Wildman–Crippen LogP) is 3.93. The van der Waals surface area contributed by atoms with E-state index >= 15 is 0 Å². The number of benzene rings is 2. The lowest BCUT2D eigenvalue weighted by Gasteiger charge is -2.13. The molecule has 1 amide bonds. The van der Waals surface area contributed by atoms with Crippen LogP contribution in [0, 0.1) is 6.92 Å². The number of aryl methyl sites for hydroxylation is 2. The van der Waals surface area contributed by atoms with Crippen molar-refractivity contribution in [3.8, 4) is 5.75 Å². The average molecular weight is 326 g/mol. The van der Waals surface area contributed by atoms with Gasteiger partial charge in [0.2, 0.25) is 5.91 Å². The van der Waals surface area contributed by atoms with Crippen LogP contribution in [0.4, 0.5) is 5.69 Å². The molecule has 3 N–H and O–H groups in total. The largest absolute Gasteiger partial charge is 0.491 e. The lowest BCUT2D eigenvalue weighted by atomic mass is 10.0. The highest BCUT2D eigenvalue weighted by molar-refractivity contribution is 5.94. The first kappa shape index (κ1) is 17.9. The van der Waals surface area contributed by atoms with Crippen LogP contribution in [0.25, 0.3) is 0 Å². The van der Waals surface area contributed by atoms with Crippen LogP contribution < -0.4 is 15.8 Å². The summed E-state index contributed by atoms with van der Waals surface area (Å²) < 4.78 is 5.88. The van der Waals surface area contributed by atoms with Gasteiger partial charge in [0.1, 0.15) is 5.75 Å². The van der Waals surface area contributed by atoms with Gasteiger partial charge in [-0.25, -0.2) is 0 Å². The number of nitrogens with one attached hydrogen (secondary N) is 1. The number of primary amides is 1. The first-order valence-corrected chi connectivity index (χ1v) is 8.47. The van der Waals surface area contributed by atoms with E-state index in [-0.39, 0.29) is 0 Å². The van der Waals surface area contributed by atoms with Gasteiger partial charge in [-0.05, 0) is 62.4 Å². The lowest BCUT2D eigenvalue weighted by molar-refractivity contribution is 0.100. The molecule has 4 nitrogen and oxygen atoms in total. The number of carbonyl (C=O) groups is 1. The first-order chi connectivity index (χ1) is 11.6. The van der Waals surface area contributed by atoms with Crippen molar-refractivity contribution in [2.24, 2.45) is 5.73 Å². The fraction of sp³-hybridized carbons (Fsp3) is 0.350. The SMILES string of the molecule is CCNc1cc(C(N)=O)ccc1OCCCCc1ccccc1C. The van der Waals surface area contributed by atoms with E-state index in [1.165, 1.54) is 11.1 Å².